The van der Waals surface area contributed by atoms with Crippen molar-refractivity contribution in [3.05, 3.63) is 17.5 Å². The third kappa shape index (κ3) is 4.35. The lowest BCUT2D eigenvalue weighted by Crippen LogP contribution is -2.37. The molecule has 1 N–H and O–H groups in total. The number of aromatic nitrogens is 2. The Kier molecular flexibility index (Phi) is 6.56. The molecule has 5 heteroatoms. The first kappa shape index (κ1) is 15.7. The topological polar surface area (TPSA) is 50.2 Å². The van der Waals surface area contributed by atoms with Gasteiger partial charge in [-0.15, -0.1) is 0 Å². The van der Waals surface area contributed by atoms with Gasteiger partial charge >= 0.3 is 0 Å². The van der Waals surface area contributed by atoms with Crippen molar-refractivity contribution in [2.45, 2.75) is 47.2 Å². The lowest BCUT2D eigenvalue weighted by Gasteiger charge is -2.18. The molecule has 19 heavy (non-hydrogen) atoms. The Morgan fingerprint density at radius 2 is 2.00 bits per heavy atom. The van der Waals surface area contributed by atoms with Crippen LogP contribution < -0.4 is 5.32 Å². The molecule has 5 nitrogen and oxygen atoms in total. The molecule has 0 aliphatic rings. The Hall–Kier alpha value is -1.36. The summed E-state index contributed by atoms with van der Waals surface area (Å²) in [5.74, 6) is 0.156. The van der Waals surface area contributed by atoms with Crippen LogP contribution in [0.4, 0.5) is 0 Å². The predicted octanol–water partition coefficient (Wildman–Crippen LogP) is 1.42. The van der Waals surface area contributed by atoms with Crippen LogP contribution in [-0.2, 0) is 24.3 Å². The van der Waals surface area contributed by atoms with Crippen LogP contribution >= 0.6 is 0 Å². The number of aryl methyl sites for hydroxylation is 2. The fourth-order valence-corrected chi connectivity index (χ4v) is 2.09. The molecule has 0 atom stereocenters. The lowest BCUT2D eigenvalue weighted by molar-refractivity contribution is -0.129. The molecule has 0 aliphatic carbocycles. The smallest absolute Gasteiger partial charge is 0.236 e. The third-order valence-electron chi connectivity index (χ3n) is 3.27. The molecule has 1 amide bonds. The maximum atomic E-state index is 11.9. The van der Waals surface area contributed by atoms with Gasteiger partial charge in [-0.2, -0.15) is 5.10 Å². The minimum atomic E-state index is 0.156. The van der Waals surface area contributed by atoms with Gasteiger partial charge in [-0.05, 0) is 33.3 Å². The standard InChI is InChI=1S/C14H26N4O/c1-5-12-9-13(18(8-4)16-12)10-15-11-14(19)17(6-2)7-3/h9,15H,5-8,10-11H2,1-4H3. The molecule has 1 heterocycles. The van der Waals surface area contributed by atoms with Crippen molar-refractivity contribution in [1.82, 2.24) is 20.0 Å². The molecule has 108 valence electrons. The van der Waals surface area contributed by atoms with Crippen LogP contribution in [-0.4, -0.2) is 40.2 Å². The summed E-state index contributed by atoms with van der Waals surface area (Å²) in [5, 5.41) is 7.70. The fourth-order valence-electron chi connectivity index (χ4n) is 2.09. The van der Waals surface area contributed by atoms with Gasteiger partial charge in [0, 0.05) is 26.2 Å². The zero-order valence-corrected chi connectivity index (χ0v) is 12.6. The number of rotatable bonds is 8. The highest BCUT2D eigenvalue weighted by Gasteiger charge is 2.10. The molecule has 0 aliphatic heterocycles. The maximum absolute atomic E-state index is 11.9. The van der Waals surface area contributed by atoms with E-state index >= 15 is 0 Å². The largest absolute Gasteiger partial charge is 0.342 e. The highest BCUT2D eigenvalue weighted by molar-refractivity contribution is 5.78. The van der Waals surface area contributed by atoms with Crippen LogP contribution in [0.5, 0.6) is 0 Å². The Morgan fingerprint density at radius 1 is 1.32 bits per heavy atom. The molecule has 0 spiro atoms. The first-order valence-electron chi connectivity index (χ1n) is 7.20. The van der Waals surface area contributed by atoms with Gasteiger partial charge in [-0.25, -0.2) is 0 Å². The van der Waals surface area contributed by atoms with E-state index in [1.165, 1.54) is 0 Å². The van der Waals surface area contributed by atoms with Crippen LogP contribution in [0.15, 0.2) is 6.07 Å². The minimum Gasteiger partial charge on any atom is -0.342 e. The summed E-state index contributed by atoms with van der Waals surface area (Å²) < 4.78 is 1.99. The lowest BCUT2D eigenvalue weighted by atomic mass is 10.3. The number of hydrogen-bond acceptors (Lipinski definition) is 3. The van der Waals surface area contributed by atoms with Gasteiger partial charge in [0.1, 0.15) is 0 Å². The zero-order chi connectivity index (χ0) is 14.3. The van der Waals surface area contributed by atoms with Gasteiger partial charge in [-0.3, -0.25) is 9.48 Å². The summed E-state index contributed by atoms with van der Waals surface area (Å²) in [6.07, 6.45) is 0.943. The average Bonchev–Trinajstić information content (AvgIpc) is 2.82. The van der Waals surface area contributed by atoms with Crippen LogP contribution in [0, 0.1) is 0 Å². The summed E-state index contributed by atoms with van der Waals surface area (Å²) in [7, 11) is 0. The molecule has 0 saturated heterocycles. The molecular weight excluding hydrogens is 240 g/mol. The van der Waals surface area contributed by atoms with Gasteiger partial charge in [0.15, 0.2) is 0 Å². The van der Waals surface area contributed by atoms with E-state index in [9.17, 15) is 4.79 Å². The number of hydrogen-bond donors (Lipinski definition) is 1. The number of carbonyl (C=O) groups is 1. The monoisotopic (exact) mass is 266 g/mol. The number of nitrogens with one attached hydrogen (secondary N) is 1. The molecule has 1 rings (SSSR count). The molecular formula is C14H26N4O. The number of likely N-dealkylation sites (N-methyl/N-ethyl adjacent to an activating group) is 1. The number of carbonyl (C=O) groups excluding carboxylic acids is 1. The predicted molar refractivity (Wildman–Crippen MR) is 76.9 cm³/mol. The van der Waals surface area contributed by atoms with E-state index in [2.05, 4.69) is 30.3 Å². The van der Waals surface area contributed by atoms with Crippen molar-refractivity contribution in [1.29, 1.82) is 0 Å². The first-order valence-corrected chi connectivity index (χ1v) is 7.20. The van der Waals surface area contributed by atoms with Gasteiger partial charge in [0.2, 0.25) is 5.91 Å². The van der Waals surface area contributed by atoms with Crippen molar-refractivity contribution in [2.24, 2.45) is 0 Å². The molecule has 1 aromatic rings. The summed E-state index contributed by atoms with van der Waals surface area (Å²) >= 11 is 0. The first-order chi connectivity index (χ1) is 9.15. The Bertz CT molecular complexity index is 396. The second-order valence-electron chi connectivity index (χ2n) is 4.47. The Balaban J connectivity index is 2.48. The molecule has 0 aromatic carbocycles. The summed E-state index contributed by atoms with van der Waals surface area (Å²) in [6, 6.07) is 2.11. The van der Waals surface area contributed by atoms with Gasteiger partial charge in [0.25, 0.3) is 0 Å². The van der Waals surface area contributed by atoms with Crippen molar-refractivity contribution >= 4 is 5.91 Å². The second kappa shape index (κ2) is 7.94. The van der Waals surface area contributed by atoms with Crippen LogP contribution in [0.2, 0.25) is 0 Å². The van der Waals surface area contributed by atoms with E-state index in [1.54, 1.807) is 0 Å². The van der Waals surface area contributed by atoms with E-state index in [1.807, 2.05) is 23.4 Å². The molecule has 0 saturated carbocycles. The number of amides is 1. The fraction of sp³-hybridized carbons (Fsp3) is 0.714. The molecule has 1 aromatic heterocycles. The molecule has 0 unspecified atom stereocenters. The molecule has 0 fully saturated rings. The molecule has 0 bridgehead atoms. The second-order valence-corrected chi connectivity index (χ2v) is 4.47. The van der Waals surface area contributed by atoms with E-state index in [4.69, 9.17) is 0 Å². The average molecular weight is 266 g/mol. The van der Waals surface area contributed by atoms with E-state index < -0.39 is 0 Å². The Labute approximate surface area is 116 Å². The normalized spacial score (nSPS) is 10.7. The maximum Gasteiger partial charge on any atom is 0.236 e. The summed E-state index contributed by atoms with van der Waals surface area (Å²) in [4.78, 5) is 13.7. The zero-order valence-electron chi connectivity index (χ0n) is 12.6. The van der Waals surface area contributed by atoms with Gasteiger partial charge in [0.05, 0.1) is 17.9 Å². The van der Waals surface area contributed by atoms with Crippen LogP contribution in [0.3, 0.4) is 0 Å². The van der Waals surface area contributed by atoms with E-state index in [0.717, 1.165) is 37.4 Å². The Morgan fingerprint density at radius 3 is 2.53 bits per heavy atom. The van der Waals surface area contributed by atoms with Gasteiger partial charge < -0.3 is 10.2 Å². The van der Waals surface area contributed by atoms with E-state index in [-0.39, 0.29) is 5.91 Å². The van der Waals surface area contributed by atoms with Crippen molar-refractivity contribution in [3.8, 4) is 0 Å². The quantitative estimate of drug-likeness (QED) is 0.774. The third-order valence-corrected chi connectivity index (χ3v) is 3.27. The summed E-state index contributed by atoms with van der Waals surface area (Å²) in [5.41, 5.74) is 2.25. The van der Waals surface area contributed by atoms with Crippen molar-refractivity contribution < 1.29 is 4.79 Å². The number of nitrogens with zero attached hydrogens (tertiary/aromatic N) is 3. The van der Waals surface area contributed by atoms with Crippen LogP contribution in [0.25, 0.3) is 0 Å². The van der Waals surface area contributed by atoms with Gasteiger partial charge in [-0.1, -0.05) is 6.92 Å². The highest BCUT2D eigenvalue weighted by atomic mass is 16.2. The van der Waals surface area contributed by atoms with Crippen molar-refractivity contribution in [2.75, 3.05) is 19.6 Å². The van der Waals surface area contributed by atoms with E-state index in [0.29, 0.717) is 13.1 Å². The summed E-state index contributed by atoms with van der Waals surface area (Å²) in [6.45, 7) is 11.7. The SMILES string of the molecule is CCc1cc(CNCC(=O)N(CC)CC)n(CC)n1. The minimum absolute atomic E-state index is 0.156. The molecule has 0 radical (unpaired) electrons. The van der Waals surface area contributed by atoms with Crippen LogP contribution in [0.1, 0.15) is 39.1 Å². The van der Waals surface area contributed by atoms with Crippen molar-refractivity contribution in [3.63, 3.8) is 0 Å². The highest BCUT2D eigenvalue weighted by Crippen LogP contribution is 2.05.